The Morgan fingerprint density at radius 2 is 2.58 bits per heavy atom. The fraction of sp³-hybridized carbons (Fsp3) is 0.286. The molecule has 0 aliphatic carbocycles. The van der Waals surface area contributed by atoms with Gasteiger partial charge in [0.05, 0.1) is 11.9 Å². The molecule has 12 heavy (non-hydrogen) atoms. The van der Waals surface area contributed by atoms with Crippen LogP contribution in [-0.4, -0.2) is 12.5 Å². The number of halogens is 1. The van der Waals surface area contributed by atoms with Crippen molar-refractivity contribution in [2.45, 2.75) is 12.7 Å². The zero-order chi connectivity index (χ0) is 8.81. The Labute approximate surface area is 73.6 Å². The predicted molar refractivity (Wildman–Crippen MR) is 48.6 cm³/mol. The SMILES string of the molecule is O=NS/C1=C/C=CC(F)/N=C\C1. The minimum absolute atomic E-state index is 0.459. The number of nitroso groups, excluding NO2 is 1. The van der Waals surface area contributed by atoms with Gasteiger partial charge >= 0.3 is 0 Å². The smallest absolute Gasteiger partial charge is 0.208 e. The summed E-state index contributed by atoms with van der Waals surface area (Å²) < 4.78 is 15.2. The van der Waals surface area contributed by atoms with E-state index in [1.807, 2.05) is 0 Å². The normalized spacial score (nSPS) is 29.8. The first-order valence-electron chi connectivity index (χ1n) is 3.35. The van der Waals surface area contributed by atoms with Crippen LogP contribution >= 0.6 is 11.9 Å². The van der Waals surface area contributed by atoms with E-state index in [-0.39, 0.29) is 0 Å². The predicted octanol–water partition coefficient (Wildman–Crippen LogP) is 2.61. The molecule has 1 unspecified atom stereocenters. The van der Waals surface area contributed by atoms with Crippen LogP contribution < -0.4 is 0 Å². The van der Waals surface area contributed by atoms with Crippen molar-refractivity contribution in [3.8, 4) is 0 Å². The molecule has 0 aromatic rings. The highest BCUT2D eigenvalue weighted by molar-refractivity contribution is 8.01. The van der Waals surface area contributed by atoms with Gasteiger partial charge in [-0.3, -0.25) is 4.99 Å². The minimum Gasteiger partial charge on any atom is -0.257 e. The number of hydrogen-bond donors (Lipinski definition) is 0. The molecule has 1 atom stereocenters. The highest BCUT2D eigenvalue weighted by Gasteiger charge is 2.00. The van der Waals surface area contributed by atoms with Crippen LogP contribution in [-0.2, 0) is 0 Å². The van der Waals surface area contributed by atoms with Gasteiger partial charge in [0, 0.05) is 22.1 Å². The molecule has 0 N–H and O–H groups in total. The molecule has 0 bridgehead atoms. The lowest BCUT2D eigenvalue weighted by Gasteiger charge is -1.99. The summed E-state index contributed by atoms with van der Waals surface area (Å²) in [5.41, 5.74) is 0. The molecule has 1 aliphatic rings. The van der Waals surface area contributed by atoms with E-state index in [1.54, 1.807) is 6.08 Å². The number of alkyl halides is 1. The largest absolute Gasteiger partial charge is 0.257 e. The summed E-state index contributed by atoms with van der Waals surface area (Å²) in [5, 5.41) is 0. The first kappa shape index (κ1) is 9.12. The molecule has 0 fully saturated rings. The van der Waals surface area contributed by atoms with E-state index in [2.05, 4.69) is 9.57 Å². The number of allylic oxidation sites excluding steroid dienone is 3. The fourth-order valence-corrected chi connectivity index (χ4v) is 1.12. The molecule has 0 saturated carbocycles. The molecule has 0 aromatic carbocycles. The molecule has 1 rings (SSSR count). The average Bonchev–Trinajstić information content (AvgIpc) is 2.00. The van der Waals surface area contributed by atoms with Crippen molar-refractivity contribution in [1.29, 1.82) is 0 Å². The second-order valence-corrected chi connectivity index (χ2v) is 2.95. The van der Waals surface area contributed by atoms with Crippen LogP contribution in [0.3, 0.4) is 0 Å². The van der Waals surface area contributed by atoms with Crippen molar-refractivity contribution in [2.75, 3.05) is 0 Å². The Balaban J connectivity index is 2.66. The van der Waals surface area contributed by atoms with Crippen LogP contribution in [0.4, 0.5) is 4.39 Å². The van der Waals surface area contributed by atoms with Crippen molar-refractivity contribution < 1.29 is 4.39 Å². The van der Waals surface area contributed by atoms with E-state index in [9.17, 15) is 9.30 Å². The van der Waals surface area contributed by atoms with Gasteiger partial charge in [-0.1, -0.05) is 12.2 Å². The minimum atomic E-state index is -1.27. The van der Waals surface area contributed by atoms with E-state index in [4.69, 9.17) is 0 Å². The second kappa shape index (κ2) is 4.82. The van der Waals surface area contributed by atoms with E-state index in [1.165, 1.54) is 18.4 Å². The zero-order valence-corrected chi connectivity index (χ0v) is 7.00. The topological polar surface area (TPSA) is 41.8 Å². The molecular formula is C7H7FN2OS. The molecule has 3 nitrogen and oxygen atoms in total. The zero-order valence-electron chi connectivity index (χ0n) is 6.18. The van der Waals surface area contributed by atoms with Gasteiger partial charge in [0.25, 0.3) is 0 Å². The molecule has 5 heteroatoms. The fourth-order valence-electron chi connectivity index (χ4n) is 0.731. The van der Waals surface area contributed by atoms with Gasteiger partial charge in [-0.15, -0.1) is 4.91 Å². The van der Waals surface area contributed by atoms with Gasteiger partial charge in [0.15, 0.2) is 0 Å². The number of rotatable bonds is 2. The Bertz CT molecular complexity index is 250. The lowest BCUT2D eigenvalue weighted by atomic mass is 10.3. The Morgan fingerprint density at radius 3 is 3.33 bits per heavy atom. The number of aliphatic imine (C=N–C) groups is 1. The lowest BCUT2D eigenvalue weighted by Crippen LogP contribution is -1.92. The number of nitrogens with zero attached hydrogens (tertiary/aromatic N) is 2. The van der Waals surface area contributed by atoms with E-state index >= 15 is 0 Å². The standard InChI is InChI=1S/C7H7FN2OS/c8-7-3-1-2-6(12-10-11)4-5-9-7/h1-3,5,7H,4H2/b3-1?,6-2+,9-5-. The molecule has 1 aliphatic heterocycles. The summed E-state index contributed by atoms with van der Waals surface area (Å²) in [6.07, 6.45) is 5.13. The molecule has 0 saturated heterocycles. The first-order chi connectivity index (χ1) is 5.83. The molecule has 0 radical (unpaired) electrons. The third-order valence-corrected chi connectivity index (χ3v) is 1.86. The Morgan fingerprint density at radius 1 is 1.75 bits per heavy atom. The first-order valence-corrected chi connectivity index (χ1v) is 4.13. The van der Waals surface area contributed by atoms with Crippen LogP contribution in [0.15, 0.2) is 32.7 Å². The summed E-state index contributed by atoms with van der Waals surface area (Å²) in [5.74, 6) is 0. The van der Waals surface area contributed by atoms with Gasteiger partial charge in [-0.25, -0.2) is 4.39 Å². The van der Waals surface area contributed by atoms with Crippen molar-refractivity contribution >= 4 is 18.2 Å². The van der Waals surface area contributed by atoms with Crippen LogP contribution in [0.1, 0.15) is 6.42 Å². The van der Waals surface area contributed by atoms with Crippen LogP contribution in [0.5, 0.6) is 0 Å². The van der Waals surface area contributed by atoms with Crippen molar-refractivity contribution in [1.82, 2.24) is 0 Å². The third-order valence-electron chi connectivity index (χ3n) is 1.25. The van der Waals surface area contributed by atoms with Crippen molar-refractivity contribution in [2.24, 2.45) is 9.57 Å². The monoisotopic (exact) mass is 186 g/mol. The summed E-state index contributed by atoms with van der Waals surface area (Å²) in [6, 6.07) is 0. The average molecular weight is 186 g/mol. The van der Waals surface area contributed by atoms with Crippen LogP contribution in [0.2, 0.25) is 0 Å². The summed E-state index contributed by atoms with van der Waals surface area (Å²) in [7, 11) is 0. The Kier molecular flexibility index (Phi) is 3.66. The second-order valence-electron chi connectivity index (χ2n) is 2.09. The van der Waals surface area contributed by atoms with Gasteiger partial charge in [0.2, 0.25) is 6.30 Å². The maximum atomic E-state index is 12.5. The highest BCUT2D eigenvalue weighted by Crippen LogP contribution is 2.20. The molecule has 0 spiro atoms. The van der Waals surface area contributed by atoms with Crippen LogP contribution in [0.25, 0.3) is 0 Å². The lowest BCUT2D eigenvalue weighted by molar-refractivity contribution is 0.416. The van der Waals surface area contributed by atoms with Gasteiger partial charge < -0.3 is 0 Å². The summed E-state index contributed by atoms with van der Waals surface area (Å²) in [4.78, 5) is 14.2. The summed E-state index contributed by atoms with van der Waals surface area (Å²) >= 11 is 0.842. The van der Waals surface area contributed by atoms with E-state index in [0.29, 0.717) is 6.42 Å². The molecule has 0 amide bonds. The highest BCUT2D eigenvalue weighted by atomic mass is 32.2. The maximum Gasteiger partial charge on any atom is 0.208 e. The van der Waals surface area contributed by atoms with Gasteiger partial charge in [0.1, 0.15) is 0 Å². The van der Waals surface area contributed by atoms with Crippen molar-refractivity contribution in [3.05, 3.63) is 28.0 Å². The molecule has 1 heterocycles. The van der Waals surface area contributed by atoms with Gasteiger partial charge in [-0.2, -0.15) is 0 Å². The molecule has 64 valence electrons. The third kappa shape index (κ3) is 2.96. The van der Waals surface area contributed by atoms with E-state index < -0.39 is 6.30 Å². The van der Waals surface area contributed by atoms with E-state index in [0.717, 1.165) is 16.9 Å². The maximum absolute atomic E-state index is 12.5. The van der Waals surface area contributed by atoms with Gasteiger partial charge in [-0.05, 0) is 6.08 Å². The summed E-state index contributed by atoms with van der Waals surface area (Å²) in [6.45, 7) is 0. The Hall–Kier alpha value is -0.970. The number of hydrogen-bond acceptors (Lipinski definition) is 4. The van der Waals surface area contributed by atoms with Crippen molar-refractivity contribution in [3.63, 3.8) is 0 Å². The molecular weight excluding hydrogens is 179 g/mol. The molecule has 0 aromatic heterocycles. The van der Waals surface area contributed by atoms with Crippen LogP contribution in [0, 0.1) is 4.91 Å². The quantitative estimate of drug-likeness (QED) is 0.378.